The molecule has 4 rings (SSSR count). The first-order valence-electron chi connectivity index (χ1n) is 11.5. The number of hydrogen-bond acceptors (Lipinski definition) is 7. The maximum Gasteiger partial charge on any atom is 0.407 e. The number of alkyl carbamates (subject to hydrolysis) is 1. The Bertz CT molecular complexity index is 1000. The van der Waals surface area contributed by atoms with Gasteiger partial charge in [-0.2, -0.15) is 0 Å². The molecule has 0 spiro atoms. The molecule has 1 aromatic heterocycles. The Morgan fingerprint density at radius 1 is 1.15 bits per heavy atom. The zero-order valence-corrected chi connectivity index (χ0v) is 19.7. The van der Waals surface area contributed by atoms with E-state index in [1.165, 1.54) is 0 Å². The minimum absolute atomic E-state index is 0.0246. The predicted molar refractivity (Wildman–Crippen MR) is 127 cm³/mol. The number of aromatic nitrogens is 2. The van der Waals surface area contributed by atoms with E-state index in [0.717, 1.165) is 54.5 Å². The lowest BCUT2D eigenvalue weighted by Crippen LogP contribution is -2.45. The van der Waals surface area contributed by atoms with Crippen LogP contribution in [0.25, 0.3) is 11.1 Å². The van der Waals surface area contributed by atoms with E-state index in [1.54, 1.807) is 11.8 Å². The Morgan fingerprint density at radius 2 is 1.85 bits per heavy atom. The Labute approximate surface area is 194 Å². The van der Waals surface area contributed by atoms with E-state index >= 15 is 0 Å². The first kappa shape index (κ1) is 23.0. The van der Waals surface area contributed by atoms with Crippen molar-refractivity contribution in [2.75, 3.05) is 36.0 Å². The minimum atomic E-state index is -0.460. The van der Waals surface area contributed by atoms with Gasteiger partial charge in [-0.1, -0.05) is 6.07 Å². The summed E-state index contributed by atoms with van der Waals surface area (Å²) in [6.07, 6.45) is 3.59. The molecule has 1 fully saturated rings. The maximum atomic E-state index is 12.4. The Morgan fingerprint density at radius 3 is 2.48 bits per heavy atom. The molecular weight excluding hydrogens is 420 g/mol. The van der Waals surface area contributed by atoms with Gasteiger partial charge in [-0.15, -0.1) is 0 Å². The predicted octanol–water partition coefficient (Wildman–Crippen LogP) is 2.87. The highest BCUT2D eigenvalue weighted by Crippen LogP contribution is 2.39. The Kier molecular flexibility index (Phi) is 6.78. The van der Waals surface area contributed by atoms with Crippen LogP contribution in [-0.2, 0) is 9.53 Å². The summed E-state index contributed by atoms with van der Waals surface area (Å²) in [7, 11) is 0. The lowest BCUT2D eigenvalue weighted by atomic mass is 9.89. The third-order valence-corrected chi connectivity index (χ3v) is 6.03. The molecule has 2 aromatic rings. The van der Waals surface area contributed by atoms with Crippen molar-refractivity contribution < 1.29 is 14.3 Å². The fraction of sp³-hybridized carbons (Fsp3) is 0.500. The zero-order valence-electron chi connectivity index (χ0n) is 19.7. The Hall–Kier alpha value is -3.20. The molecule has 2 atom stereocenters. The van der Waals surface area contributed by atoms with Crippen molar-refractivity contribution >= 4 is 23.6 Å². The summed E-state index contributed by atoms with van der Waals surface area (Å²) >= 11 is 0. The van der Waals surface area contributed by atoms with Crippen LogP contribution in [0.4, 0.5) is 16.4 Å². The molecule has 2 amide bonds. The molecule has 9 heteroatoms. The van der Waals surface area contributed by atoms with Crippen LogP contribution < -0.4 is 20.4 Å². The van der Waals surface area contributed by atoms with Crippen LogP contribution in [0.1, 0.15) is 45.7 Å². The third kappa shape index (κ3) is 5.08. The van der Waals surface area contributed by atoms with E-state index in [9.17, 15) is 9.59 Å². The minimum Gasteiger partial charge on any atom is -0.447 e. The van der Waals surface area contributed by atoms with Gasteiger partial charge in [0.1, 0.15) is 0 Å². The molecule has 0 unspecified atom stereocenters. The van der Waals surface area contributed by atoms with Gasteiger partial charge in [-0.3, -0.25) is 4.79 Å². The van der Waals surface area contributed by atoms with Crippen LogP contribution in [0, 0.1) is 0 Å². The van der Waals surface area contributed by atoms with Crippen molar-refractivity contribution in [1.29, 1.82) is 0 Å². The second kappa shape index (κ2) is 9.74. The van der Waals surface area contributed by atoms with Gasteiger partial charge in [-0.05, 0) is 50.5 Å². The van der Waals surface area contributed by atoms with E-state index in [0.29, 0.717) is 6.42 Å². The quantitative estimate of drug-likeness (QED) is 0.736. The summed E-state index contributed by atoms with van der Waals surface area (Å²) in [4.78, 5) is 37.8. The summed E-state index contributed by atoms with van der Waals surface area (Å²) in [5.74, 6) is 0.703. The molecule has 176 valence electrons. The molecule has 1 saturated heterocycles. The van der Waals surface area contributed by atoms with Crippen molar-refractivity contribution in [3.05, 3.63) is 36.2 Å². The highest BCUT2D eigenvalue weighted by atomic mass is 16.6. The van der Waals surface area contributed by atoms with Crippen molar-refractivity contribution in [3.63, 3.8) is 0 Å². The van der Waals surface area contributed by atoms with Gasteiger partial charge >= 0.3 is 6.09 Å². The van der Waals surface area contributed by atoms with Gasteiger partial charge in [0.25, 0.3) is 0 Å². The molecule has 2 aliphatic heterocycles. The molecular formula is C24H32N6O3. The third-order valence-electron chi connectivity index (χ3n) is 6.03. The van der Waals surface area contributed by atoms with Gasteiger partial charge in [0.2, 0.25) is 11.9 Å². The number of carbonyl (C=O) groups is 2. The number of piperazine rings is 1. The van der Waals surface area contributed by atoms with Crippen LogP contribution >= 0.6 is 0 Å². The average Bonchev–Trinajstić information content (AvgIpc) is 2.79. The highest BCUT2D eigenvalue weighted by Gasteiger charge is 2.33. The molecule has 3 heterocycles. The number of rotatable bonds is 4. The molecule has 1 aromatic carbocycles. The van der Waals surface area contributed by atoms with Crippen LogP contribution in [0.15, 0.2) is 30.6 Å². The number of anilines is 2. The first-order chi connectivity index (χ1) is 15.8. The topological polar surface area (TPSA) is 99.7 Å². The summed E-state index contributed by atoms with van der Waals surface area (Å²) in [5.41, 5.74) is 3.50. The number of carbonyl (C=O) groups excluding carboxylic acids is 2. The first-order valence-corrected chi connectivity index (χ1v) is 11.5. The molecule has 0 radical (unpaired) electrons. The number of hydrogen-bond donors (Lipinski definition) is 2. The van der Waals surface area contributed by atoms with Gasteiger partial charge in [0.05, 0.1) is 12.1 Å². The van der Waals surface area contributed by atoms with E-state index in [4.69, 9.17) is 4.74 Å². The van der Waals surface area contributed by atoms with E-state index in [2.05, 4.69) is 25.5 Å². The summed E-state index contributed by atoms with van der Waals surface area (Å²) in [6, 6.07) is 5.61. The van der Waals surface area contributed by atoms with Crippen molar-refractivity contribution in [1.82, 2.24) is 20.6 Å². The number of amides is 2. The maximum absolute atomic E-state index is 12.4. The molecule has 9 nitrogen and oxygen atoms in total. The smallest absolute Gasteiger partial charge is 0.407 e. The van der Waals surface area contributed by atoms with Gasteiger partial charge < -0.3 is 25.2 Å². The monoisotopic (exact) mass is 452 g/mol. The number of ether oxygens (including phenoxy) is 1. The number of fused-ring (bicyclic) bond motifs is 1. The molecule has 2 N–H and O–H groups in total. The highest BCUT2D eigenvalue weighted by molar-refractivity contribution is 5.94. The molecule has 2 aliphatic rings. The van der Waals surface area contributed by atoms with E-state index < -0.39 is 6.09 Å². The zero-order chi connectivity index (χ0) is 23.5. The van der Waals surface area contributed by atoms with Gasteiger partial charge in [0.15, 0.2) is 0 Å². The largest absolute Gasteiger partial charge is 0.447 e. The summed E-state index contributed by atoms with van der Waals surface area (Å²) in [6.45, 7) is 10.8. The lowest BCUT2D eigenvalue weighted by Gasteiger charge is -2.39. The van der Waals surface area contributed by atoms with Crippen LogP contribution in [0.5, 0.6) is 0 Å². The SMILES string of the molecule is CC(=O)N1c2ccc(-c3cnc(N4CCNCC4)nc3)cc2[C@@H](NC(=O)OC(C)C)C[C@H]1C. The van der Waals surface area contributed by atoms with Crippen LogP contribution in [0.3, 0.4) is 0 Å². The molecule has 0 saturated carbocycles. The van der Waals surface area contributed by atoms with Crippen molar-refractivity contribution in [2.45, 2.75) is 52.3 Å². The van der Waals surface area contributed by atoms with E-state index in [1.807, 2.05) is 51.4 Å². The fourth-order valence-corrected chi connectivity index (χ4v) is 4.55. The van der Waals surface area contributed by atoms with Crippen molar-refractivity contribution in [2.24, 2.45) is 0 Å². The second-order valence-corrected chi connectivity index (χ2v) is 8.91. The number of nitrogens with one attached hydrogen (secondary N) is 2. The summed E-state index contributed by atoms with van der Waals surface area (Å²) in [5, 5.41) is 6.31. The molecule has 0 aliphatic carbocycles. The molecule has 33 heavy (non-hydrogen) atoms. The second-order valence-electron chi connectivity index (χ2n) is 8.91. The number of nitrogens with zero attached hydrogens (tertiary/aromatic N) is 4. The standard InChI is InChI=1S/C24H32N6O3/c1-15(2)33-24(32)28-21-11-16(3)30(17(4)31)22-6-5-18(12-20(21)22)19-13-26-23(27-14-19)29-9-7-25-8-10-29/h5-6,12-16,21,25H,7-11H2,1-4H3,(H,28,32)/t16-,21+/m1/s1. The molecule has 0 bridgehead atoms. The van der Waals surface area contributed by atoms with Gasteiger partial charge in [0, 0.05) is 62.8 Å². The van der Waals surface area contributed by atoms with Crippen LogP contribution in [0.2, 0.25) is 0 Å². The normalized spacial score (nSPS) is 20.4. The average molecular weight is 453 g/mol. The van der Waals surface area contributed by atoms with Crippen LogP contribution in [-0.4, -0.2) is 60.3 Å². The number of benzene rings is 1. The Balaban J connectivity index is 1.64. The van der Waals surface area contributed by atoms with E-state index in [-0.39, 0.29) is 24.1 Å². The lowest BCUT2D eigenvalue weighted by molar-refractivity contribution is -0.117. The van der Waals surface area contributed by atoms with Gasteiger partial charge in [-0.25, -0.2) is 14.8 Å². The summed E-state index contributed by atoms with van der Waals surface area (Å²) < 4.78 is 5.30. The fourth-order valence-electron chi connectivity index (χ4n) is 4.55. The van der Waals surface area contributed by atoms with Crippen molar-refractivity contribution in [3.8, 4) is 11.1 Å².